The molecular weight excluding hydrogens is 367 g/mol. The molecule has 2 heterocycles. The van der Waals surface area contributed by atoms with Crippen molar-refractivity contribution in [1.82, 2.24) is 9.78 Å². The van der Waals surface area contributed by atoms with E-state index in [-0.39, 0.29) is 17.7 Å². The first-order valence-electron chi connectivity index (χ1n) is 7.38. The van der Waals surface area contributed by atoms with E-state index in [4.69, 9.17) is 27.6 Å². The van der Waals surface area contributed by atoms with E-state index in [2.05, 4.69) is 9.84 Å². The minimum Gasteiger partial charge on any atom is -0.469 e. The van der Waals surface area contributed by atoms with Crippen molar-refractivity contribution < 1.29 is 13.9 Å². The average molecular weight is 381 g/mol. The first kappa shape index (κ1) is 17.5. The molecule has 0 aliphatic carbocycles. The normalized spacial score (nSPS) is 11.1. The van der Waals surface area contributed by atoms with Crippen LogP contribution in [0.2, 0.25) is 10.0 Å². The zero-order valence-electron chi connectivity index (χ0n) is 13.7. The molecule has 0 bridgehead atoms. The van der Waals surface area contributed by atoms with E-state index >= 15 is 0 Å². The Morgan fingerprint density at radius 1 is 1.32 bits per heavy atom. The third kappa shape index (κ3) is 2.92. The van der Waals surface area contributed by atoms with Gasteiger partial charge >= 0.3 is 11.6 Å². The van der Waals surface area contributed by atoms with E-state index in [1.807, 2.05) is 6.92 Å². The zero-order valence-corrected chi connectivity index (χ0v) is 15.2. The first-order chi connectivity index (χ1) is 11.8. The maximum Gasteiger partial charge on any atom is 0.341 e. The highest BCUT2D eigenvalue weighted by Crippen LogP contribution is 2.31. The lowest BCUT2D eigenvalue weighted by molar-refractivity contribution is -0.139. The number of rotatable bonds is 3. The molecule has 0 radical (unpaired) electrons. The Hall–Kier alpha value is -2.31. The summed E-state index contributed by atoms with van der Waals surface area (Å²) < 4.78 is 11.5. The summed E-state index contributed by atoms with van der Waals surface area (Å²) in [4.78, 5) is 23.8. The van der Waals surface area contributed by atoms with Gasteiger partial charge in [0.15, 0.2) is 0 Å². The van der Waals surface area contributed by atoms with Gasteiger partial charge in [0.05, 0.1) is 45.9 Å². The third-order valence-electron chi connectivity index (χ3n) is 4.06. The molecule has 0 N–H and O–H groups in total. The molecule has 0 spiro atoms. The fourth-order valence-corrected chi connectivity index (χ4v) is 3.12. The molecule has 2 aromatic heterocycles. The van der Waals surface area contributed by atoms with Gasteiger partial charge in [0.2, 0.25) is 5.71 Å². The standard InChI is InChI=1S/C17H14Cl2N2O4/c1-8-10(7-13(22)24-3)17(23)25-16-14(8)9(2)21(20-16)12-6-4-5-11(18)15(12)19/h4-6H,7H2,1-3H3. The quantitative estimate of drug-likeness (QED) is 0.648. The molecule has 0 amide bonds. The lowest BCUT2D eigenvalue weighted by Gasteiger charge is -2.08. The SMILES string of the molecule is COC(=O)Cc1c(C)c2c(C)n(-c3cccc(Cl)c3Cl)nc2oc1=O. The maximum absolute atomic E-state index is 12.2. The highest BCUT2D eigenvalue weighted by atomic mass is 35.5. The Morgan fingerprint density at radius 2 is 2.04 bits per heavy atom. The summed E-state index contributed by atoms with van der Waals surface area (Å²) in [5.41, 5.74) is 1.71. The molecule has 6 nitrogen and oxygen atoms in total. The number of hydrogen-bond acceptors (Lipinski definition) is 5. The number of esters is 1. The molecule has 3 aromatic rings. The Labute approximate surface area is 152 Å². The van der Waals surface area contributed by atoms with Gasteiger partial charge in [0, 0.05) is 0 Å². The molecule has 8 heteroatoms. The van der Waals surface area contributed by atoms with Gasteiger partial charge in [-0.15, -0.1) is 5.10 Å². The molecule has 130 valence electrons. The number of carbonyl (C=O) groups excluding carboxylic acids is 1. The van der Waals surface area contributed by atoms with Crippen LogP contribution in [-0.2, 0) is 16.0 Å². The largest absolute Gasteiger partial charge is 0.469 e. The highest BCUT2D eigenvalue weighted by Gasteiger charge is 2.21. The van der Waals surface area contributed by atoms with Gasteiger partial charge in [-0.25, -0.2) is 9.48 Å². The number of benzene rings is 1. The number of aryl methyl sites for hydroxylation is 2. The molecule has 0 saturated carbocycles. The van der Waals surface area contributed by atoms with Gasteiger partial charge in [-0.2, -0.15) is 0 Å². The maximum atomic E-state index is 12.2. The Balaban J connectivity index is 2.27. The van der Waals surface area contributed by atoms with Crippen molar-refractivity contribution in [3.63, 3.8) is 0 Å². The minimum absolute atomic E-state index is 0.164. The fraction of sp³-hybridized carbons (Fsp3) is 0.235. The molecule has 0 fully saturated rings. The number of ether oxygens (including phenoxy) is 1. The van der Waals surface area contributed by atoms with Crippen LogP contribution in [0.1, 0.15) is 16.8 Å². The highest BCUT2D eigenvalue weighted by molar-refractivity contribution is 6.43. The van der Waals surface area contributed by atoms with E-state index in [0.717, 1.165) is 0 Å². The van der Waals surface area contributed by atoms with Gasteiger partial charge < -0.3 is 9.15 Å². The van der Waals surface area contributed by atoms with E-state index in [1.54, 1.807) is 29.8 Å². The second-order valence-electron chi connectivity index (χ2n) is 5.50. The number of nitrogens with zero attached hydrogens (tertiary/aromatic N) is 2. The minimum atomic E-state index is -0.614. The number of hydrogen-bond donors (Lipinski definition) is 0. The van der Waals surface area contributed by atoms with Crippen LogP contribution in [0, 0.1) is 13.8 Å². The summed E-state index contributed by atoms with van der Waals surface area (Å²) in [6.45, 7) is 3.57. The Bertz CT molecular complexity index is 1050. The topological polar surface area (TPSA) is 74.3 Å². The van der Waals surface area contributed by atoms with E-state index < -0.39 is 11.6 Å². The van der Waals surface area contributed by atoms with Crippen molar-refractivity contribution in [3.05, 3.63) is 55.5 Å². The van der Waals surface area contributed by atoms with Crippen LogP contribution in [-0.4, -0.2) is 22.9 Å². The molecule has 25 heavy (non-hydrogen) atoms. The van der Waals surface area contributed by atoms with Crippen LogP contribution in [0.4, 0.5) is 0 Å². The number of fused-ring (bicyclic) bond motifs is 1. The predicted octanol–water partition coefficient (Wildman–Crippen LogP) is 3.62. The fourth-order valence-electron chi connectivity index (χ4n) is 2.74. The smallest absolute Gasteiger partial charge is 0.341 e. The van der Waals surface area contributed by atoms with Crippen LogP contribution in [0.5, 0.6) is 0 Å². The Kier molecular flexibility index (Phi) is 4.58. The summed E-state index contributed by atoms with van der Waals surface area (Å²) in [6, 6.07) is 5.18. The number of methoxy groups -OCH3 is 1. The van der Waals surface area contributed by atoms with E-state index in [0.29, 0.717) is 32.4 Å². The van der Waals surface area contributed by atoms with Crippen molar-refractivity contribution >= 4 is 40.3 Å². The molecule has 0 atom stereocenters. The van der Waals surface area contributed by atoms with Gasteiger partial charge in [-0.3, -0.25) is 4.79 Å². The summed E-state index contributed by atoms with van der Waals surface area (Å²) >= 11 is 12.3. The molecule has 0 saturated heterocycles. The monoisotopic (exact) mass is 380 g/mol. The lowest BCUT2D eigenvalue weighted by Crippen LogP contribution is -2.16. The number of carbonyl (C=O) groups is 1. The van der Waals surface area contributed by atoms with Crippen molar-refractivity contribution in [2.45, 2.75) is 20.3 Å². The predicted molar refractivity (Wildman–Crippen MR) is 94.8 cm³/mol. The summed E-state index contributed by atoms with van der Waals surface area (Å²) in [5, 5.41) is 5.72. The van der Waals surface area contributed by atoms with Crippen LogP contribution < -0.4 is 5.63 Å². The summed E-state index contributed by atoms with van der Waals surface area (Å²) in [5.74, 6) is -0.516. The average Bonchev–Trinajstić information content (AvgIpc) is 2.90. The van der Waals surface area contributed by atoms with Gasteiger partial charge in [0.25, 0.3) is 0 Å². The van der Waals surface area contributed by atoms with Crippen LogP contribution in [0.25, 0.3) is 16.8 Å². The van der Waals surface area contributed by atoms with Crippen LogP contribution >= 0.6 is 23.2 Å². The molecular formula is C17H14Cl2N2O4. The number of halogens is 2. The van der Waals surface area contributed by atoms with Gasteiger partial charge in [-0.1, -0.05) is 29.3 Å². The third-order valence-corrected chi connectivity index (χ3v) is 4.86. The van der Waals surface area contributed by atoms with E-state index in [9.17, 15) is 9.59 Å². The van der Waals surface area contributed by atoms with Crippen molar-refractivity contribution in [3.8, 4) is 5.69 Å². The van der Waals surface area contributed by atoms with Crippen LogP contribution in [0.15, 0.2) is 27.4 Å². The second kappa shape index (κ2) is 6.54. The molecule has 1 aromatic carbocycles. The Morgan fingerprint density at radius 3 is 2.72 bits per heavy atom. The molecule has 0 aliphatic heterocycles. The van der Waals surface area contributed by atoms with E-state index in [1.165, 1.54) is 7.11 Å². The van der Waals surface area contributed by atoms with Crippen LogP contribution in [0.3, 0.4) is 0 Å². The van der Waals surface area contributed by atoms with Crippen molar-refractivity contribution in [2.75, 3.05) is 7.11 Å². The molecule has 0 unspecified atom stereocenters. The van der Waals surface area contributed by atoms with Crippen molar-refractivity contribution in [2.24, 2.45) is 0 Å². The molecule has 0 aliphatic rings. The second-order valence-corrected chi connectivity index (χ2v) is 6.28. The van der Waals surface area contributed by atoms with Gasteiger partial charge in [-0.05, 0) is 31.5 Å². The summed E-state index contributed by atoms with van der Waals surface area (Å²) in [7, 11) is 1.27. The molecule has 3 rings (SSSR count). The first-order valence-corrected chi connectivity index (χ1v) is 8.13. The number of aromatic nitrogens is 2. The van der Waals surface area contributed by atoms with Gasteiger partial charge in [0.1, 0.15) is 0 Å². The lowest BCUT2D eigenvalue weighted by atomic mass is 10.0. The summed E-state index contributed by atoms with van der Waals surface area (Å²) in [6.07, 6.45) is -0.164. The zero-order chi connectivity index (χ0) is 18.3. The van der Waals surface area contributed by atoms with Crippen molar-refractivity contribution in [1.29, 1.82) is 0 Å².